The van der Waals surface area contributed by atoms with Gasteiger partial charge in [-0.05, 0) is 56.0 Å². The van der Waals surface area contributed by atoms with Gasteiger partial charge >= 0.3 is 0 Å². The standard InChI is InChI=1S/C36H39N7O7S2/c44-31-28-17-22(43-34(47)30-25(19-37-43)24-10-6-7-11-26(24)38-30)20-42(28)33(46)27(39-32(45)29-13-8-16-51-29)12-5-3-1-2-4-9-21-18-36(21,40-31)35(48)41-52(49,50)23-14-15-23/h4,6-11,13,16,19,21-23,27-28,38H,1-3,5,12,14-15,17-18,20H2,(H,39,45)(H,40,44)(H,41,48)/b9-4-/t21?,22?,27?,28-,36?/m0/s1. The van der Waals surface area contributed by atoms with E-state index in [0.29, 0.717) is 47.9 Å². The fourth-order valence-corrected chi connectivity index (χ4v) is 9.60. The summed E-state index contributed by atoms with van der Waals surface area (Å²) in [5, 5.41) is 12.9. The van der Waals surface area contributed by atoms with E-state index in [-0.39, 0.29) is 19.4 Å². The number of fused-ring (bicyclic) bond motifs is 5. The van der Waals surface area contributed by atoms with Crippen molar-refractivity contribution in [2.24, 2.45) is 5.92 Å². The molecule has 52 heavy (non-hydrogen) atoms. The molecular weight excluding hydrogens is 707 g/mol. The highest BCUT2D eigenvalue weighted by molar-refractivity contribution is 7.91. The molecule has 4 aliphatic rings. The van der Waals surface area contributed by atoms with Crippen molar-refractivity contribution in [1.29, 1.82) is 0 Å². The quantitative estimate of drug-likeness (QED) is 0.217. The Morgan fingerprint density at radius 3 is 2.62 bits per heavy atom. The highest BCUT2D eigenvalue weighted by Gasteiger charge is 2.62. The highest BCUT2D eigenvalue weighted by Crippen LogP contribution is 2.46. The van der Waals surface area contributed by atoms with Gasteiger partial charge in [0.1, 0.15) is 23.1 Å². The van der Waals surface area contributed by atoms with Gasteiger partial charge in [0.05, 0.1) is 22.4 Å². The number of H-pyrrole nitrogens is 1. The number of nitrogens with one attached hydrogen (secondary N) is 4. The first-order valence-electron chi connectivity index (χ1n) is 17.7. The van der Waals surface area contributed by atoms with Crippen molar-refractivity contribution in [2.45, 2.75) is 86.7 Å². The van der Waals surface area contributed by atoms with Gasteiger partial charge in [-0.2, -0.15) is 5.10 Å². The van der Waals surface area contributed by atoms with Crippen LogP contribution in [0.5, 0.6) is 0 Å². The van der Waals surface area contributed by atoms with Crippen LogP contribution in [0.4, 0.5) is 0 Å². The van der Waals surface area contributed by atoms with Crippen LogP contribution in [0, 0.1) is 5.92 Å². The van der Waals surface area contributed by atoms with Gasteiger partial charge in [-0.1, -0.05) is 49.3 Å². The Balaban J connectivity index is 1.14. The normalized spacial score (nSPS) is 27.6. The summed E-state index contributed by atoms with van der Waals surface area (Å²) < 4.78 is 29.1. The maximum absolute atomic E-state index is 14.5. The minimum Gasteiger partial charge on any atom is -0.350 e. The van der Waals surface area contributed by atoms with Gasteiger partial charge in [-0.3, -0.25) is 28.7 Å². The summed E-state index contributed by atoms with van der Waals surface area (Å²) in [5.41, 5.74) is -0.816. The van der Waals surface area contributed by atoms with E-state index in [9.17, 15) is 32.4 Å². The summed E-state index contributed by atoms with van der Waals surface area (Å²) >= 11 is 1.25. The Labute approximate surface area is 303 Å². The number of aromatic nitrogens is 3. The van der Waals surface area contributed by atoms with Crippen LogP contribution in [0.3, 0.4) is 0 Å². The second-order valence-electron chi connectivity index (χ2n) is 14.3. The van der Waals surface area contributed by atoms with Gasteiger partial charge in [0.15, 0.2) is 0 Å². The molecule has 4 aromatic rings. The van der Waals surface area contributed by atoms with Gasteiger partial charge in [-0.25, -0.2) is 13.1 Å². The molecule has 16 heteroatoms. The molecule has 0 radical (unpaired) electrons. The van der Waals surface area contributed by atoms with Crippen molar-refractivity contribution in [3.8, 4) is 0 Å². The number of hydrogen-bond acceptors (Lipinski definition) is 9. The number of aromatic amines is 1. The first-order chi connectivity index (χ1) is 25.1. The number of nitrogens with zero attached hydrogens (tertiary/aromatic N) is 3. The Bertz CT molecular complexity index is 2280. The number of allylic oxidation sites excluding steroid dienone is 1. The average Bonchev–Trinajstić information content (AvgIpc) is 3.90. The third kappa shape index (κ3) is 6.31. The molecule has 5 heterocycles. The number of amides is 4. The molecule has 3 fully saturated rings. The molecule has 4 amide bonds. The zero-order valence-electron chi connectivity index (χ0n) is 28.2. The fraction of sp³-hybridized carbons (Fsp3) is 0.444. The van der Waals surface area contributed by atoms with Crippen molar-refractivity contribution in [3.63, 3.8) is 0 Å². The van der Waals surface area contributed by atoms with Crippen LogP contribution in [0.25, 0.3) is 21.8 Å². The molecule has 14 nitrogen and oxygen atoms in total. The van der Waals surface area contributed by atoms with Crippen molar-refractivity contribution in [1.82, 2.24) is 35.0 Å². The first-order valence-corrected chi connectivity index (χ1v) is 20.2. The van der Waals surface area contributed by atoms with E-state index in [2.05, 4.69) is 25.4 Å². The van der Waals surface area contributed by atoms with E-state index in [4.69, 9.17) is 0 Å². The van der Waals surface area contributed by atoms with E-state index in [0.717, 1.165) is 23.7 Å². The summed E-state index contributed by atoms with van der Waals surface area (Å²) in [5.74, 6) is -2.78. The van der Waals surface area contributed by atoms with Gasteiger partial charge < -0.3 is 20.5 Å². The van der Waals surface area contributed by atoms with E-state index in [1.807, 2.05) is 36.4 Å². The predicted octanol–water partition coefficient (Wildman–Crippen LogP) is 2.88. The molecule has 2 aliphatic heterocycles. The summed E-state index contributed by atoms with van der Waals surface area (Å²) in [7, 11) is -3.90. The monoisotopic (exact) mass is 745 g/mol. The molecule has 0 spiro atoms. The Morgan fingerprint density at radius 1 is 1.00 bits per heavy atom. The number of sulfonamides is 1. The van der Waals surface area contributed by atoms with Crippen LogP contribution in [0.2, 0.25) is 0 Å². The van der Waals surface area contributed by atoms with Crippen LogP contribution in [-0.4, -0.2) is 81.1 Å². The molecule has 4 N–H and O–H groups in total. The molecule has 2 aliphatic carbocycles. The molecule has 1 saturated heterocycles. The van der Waals surface area contributed by atoms with Crippen LogP contribution >= 0.6 is 11.3 Å². The van der Waals surface area contributed by atoms with Crippen molar-refractivity contribution in [3.05, 3.63) is 75.4 Å². The first kappa shape index (κ1) is 34.3. The number of carbonyl (C=O) groups excluding carboxylic acids is 4. The van der Waals surface area contributed by atoms with Crippen LogP contribution in [0.15, 0.2) is 64.9 Å². The molecule has 4 unspecified atom stereocenters. The maximum Gasteiger partial charge on any atom is 0.291 e. The summed E-state index contributed by atoms with van der Waals surface area (Å²) in [6.07, 6.45) is 9.75. The zero-order valence-corrected chi connectivity index (χ0v) is 29.9. The lowest BCUT2D eigenvalue weighted by molar-refractivity contribution is -0.141. The van der Waals surface area contributed by atoms with Crippen LogP contribution < -0.4 is 20.9 Å². The van der Waals surface area contributed by atoms with E-state index in [1.165, 1.54) is 20.9 Å². The predicted molar refractivity (Wildman–Crippen MR) is 194 cm³/mol. The number of thiophene rings is 1. The molecule has 3 aromatic heterocycles. The minimum atomic E-state index is -3.90. The minimum absolute atomic E-state index is 0.000381. The number of benzene rings is 1. The van der Waals surface area contributed by atoms with Crippen molar-refractivity contribution in [2.75, 3.05) is 6.54 Å². The zero-order chi connectivity index (χ0) is 36.2. The smallest absolute Gasteiger partial charge is 0.291 e. The lowest BCUT2D eigenvalue weighted by Crippen LogP contribution is -2.58. The Kier molecular flexibility index (Phi) is 8.76. The van der Waals surface area contributed by atoms with Crippen molar-refractivity contribution < 1.29 is 27.6 Å². The second kappa shape index (κ2) is 13.3. The molecule has 272 valence electrons. The molecule has 0 bridgehead atoms. The van der Waals surface area contributed by atoms with Gasteiger partial charge in [0.25, 0.3) is 17.4 Å². The second-order valence-corrected chi connectivity index (χ2v) is 17.2. The van der Waals surface area contributed by atoms with E-state index in [1.54, 1.807) is 23.7 Å². The van der Waals surface area contributed by atoms with Gasteiger partial charge in [0.2, 0.25) is 21.8 Å². The fourth-order valence-electron chi connectivity index (χ4n) is 7.61. The molecule has 1 aromatic carbocycles. The van der Waals surface area contributed by atoms with Gasteiger partial charge in [-0.15, -0.1) is 11.3 Å². The Hall–Kier alpha value is -4.83. The van der Waals surface area contributed by atoms with E-state index >= 15 is 0 Å². The van der Waals surface area contributed by atoms with Crippen molar-refractivity contribution >= 4 is 66.8 Å². The van der Waals surface area contributed by atoms with E-state index < -0.39 is 74.0 Å². The topological polar surface area (TPSA) is 192 Å². The van der Waals surface area contributed by atoms with Crippen LogP contribution in [0.1, 0.15) is 73.5 Å². The van der Waals surface area contributed by atoms with Gasteiger partial charge in [0, 0.05) is 35.2 Å². The number of para-hydroxylation sites is 1. The number of hydrogen-bond donors (Lipinski definition) is 4. The summed E-state index contributed by atoms with van der Waals surface area (Å²) in [6, 6.07) is 8.08. The highest BCUT2D eigenvalue weighted by atomic mass is 32.2. The number of rotatable bonds is 6. The molecule has 2 saturated carbocycles. The lowest BCUT2D eigenvalue weighted by atomic mass is 10.0. The summed E-state index contributed by atoms with van der Waals surface area (Å²) in [4.78, 5) is 74.8. The lowest BCUT2D eigenvalue weighted by Gasteiger charge is -2.30. The Morgan fingerprint density at radius 2 is 1.83 bits per heavy atom. The van der Waals surface area contributed by atoms with Crippen LogP contribution in [-0.2, 0) is 24.4 Å². The molecular formula is C36H39N7O7S2. The molecule has 5 atom stereocenters. The SMILES string of the molecule is O=C(NC1CCCCC/C=C\C2CC2(C(=O)NS(=O)(=O)C2CC2)NC(=O)[C@@H]2CC(n3ncc4c([nH]c5ccccc54)c3=O)CN2C1=O)c1cccs1. The largest absolute Gasteiger partial charge is 0.350 e. The maximum atomic E-state index is 14.5. The number of carbonyl (C=O) groups is 4. The molecule has 8 rings (SSSR count). The third-order valence-corrected chi connectivity index (χ3v) is 13.4. The third-order valence-electron chi connectivity index (χ3n) is 10.7. The summed E-state index contributed by atoms with van der Waals surface area (Å²) in [6.45, 7) is -0.0560. The average molecular weight is 746 g/mol.